The predicted molar refractivity (Wildman–Crippen MR) is 55.4 cm³/mol. The van der Waals surface area contributed by atoms with Gasteiger partial charge in [-0.15, -0.1) is 11.6 Å². The van der Waals surface area contributed by atoms with Crippen LogP contribution in [0.25, 0.3) is 0 Å². The van der Waals surface area contributed by atoms with E-state index in [0.717, 1.165) is 0 Å². The topological polar surface area (TPSA) is 52.3 Å². The van der Waals surface area contributed by atoms with Gasteiger partial charge >= 0.3 is 0 Å². The number of rotatable bonds is 4. The van der Waals surface area contributed by atoms with Crippen molar-refractivity contribution in [3.63, 3.8) is 0 Å². The molecule has 0 fully saturated rings. The molecule has 0 saturated carbocycles. The lowest BCUT2D eigenvalue weighted by Gasteiger charge is -2.18. The summed E-state index contributed by atoms with van der Waals surface area (Å²) in [6.07, 6.45) is 0. The highest BCUT2D eigenvalue weighted by Gasteiger charge is 2.28. The third-order valence-corrected chi connectivity index (χ3v) is 2.06. The number of halogens is 1. The highest BCUT2D eigenvalue weighted by molar-refractivity contribution is 6.34. The summed E-state index contributed by atoms with van der Waals surface area (Å²) in [5, 5.41) is 0. The lowest BCUT2D eigenvalue weighted by molar-refractivity contribution is -0.120. The van der Waals surface area contributed by atoms with Gasteiger partial charge in [0.25, 0.3) is 0 Å². The molecule has 76 valence electrons. The fourth-order valence-electron chi connectivity index (χ4n) is 0.807. The number of para-hydroxylation sites is 1. The first-order valence-electron chi connectivity index (χ1n) is 4.19. The molecule has 3 nitrogen and oxygen atoms in total. The molecular formula is C10H12ClNO2. The quantitative estimate of drug-likeness (QED) is 0.772. The van der Waals surface area contributed by atoms with Crippen LogP contribution in [0.3, 0.4) is 0 Å². The average molecular weight is 214 g/mol. The Hall–Kier alpha value is -1.22. The Morgan fingerprint density at radius 1 is 1.50 bits per heavy atom. The summed E-state index contributed by atoms with van der Waals surface area (Å²) in [6.45, 7) is 1.59. The molecule has 0 aliphatic rings. The Labute approximate surface area is 87.8 Å². The minimum Gasteiger partial charge on any atom is -0.491 e. The van der Waals surface area contributed by atoms with E-state index in [4.69, 9.17) is 22.1 Å². The fourth-order valence-corrected chi connectivity index (χ4v) is 0.861. The molecule has 0 aliphatic carbocycles. The number of alkyl halides is 1. The third-order valence-electron chi connectivity index (χ3n) is 1.77. The van der Waals surface area contributed by atoms with E-state index in [2.05, 4.69) is 0 Å². The molecule has 0 aliphatic heterocycles. The summed E-state index contributed by atoms with van der Waals surface area (Å²) in [6, 6.07) is 9.12. The summed E-state index contributed by atoms with van der Waals surface area (Å²) in [5.74, 6) is 0.0794. The number of hydrogen-bond donors (Lipinski definition) is 1. The van der Waals surface area contributed by atoms with Crippen LogP contribution >= 0.6 is 11.6 Å². The van der Waals surface area contributed by atoms with Crippen molar-refractivity contribution in [1.29, 1.82) is 0 Å². The van der Waals surface area contributed by atoms with Crippen molar-refractivity contribution in [2.24, 2.45) is 5.73 Å². The van der Waals surface area contributed by atoms with Gasteiger partial charge in [-0.3, -0.25) is 4.79 Å². The number of benzene rings is 1. The number of hydrogen-bond acceptors (Lipinski definition) is 2. The van der Waals surface area contributed by atoms with Crippen LogP contribution in [0.5, 0.6) is 5.75 Å². The van der Waals surface area contributed by atoms with E-state index in [9.17, 15) is 4.79 Å². The maximum absolute atomic E-state index is 10.9. The number of carbonyl (C=O) groups excluding carboxylic acids is 1. The SMILES string of the molecule is CC(Cl)(COc1ccccc1)C(N)=O. The second-order valence-corrected chi connectivity index (χ2v) is 4.00. The first kappa shape index (κ1) is 10.9. The molecule has 14 heavy (non-hydrogen) atoms. The van der Waals surface area contributed by atoms with Crippen LogP contribution in [0, 0.1) is 0 Å². The van der Waals surface area contributed by atoms with E-state index in [-0.39, 0.29) is 6.61 Å². The van der Waals surface area contributed by atoms with Crippen LogP contribution in [-0.2, 0) is 4.79 Å². The molecule has 4 heteroatoms. The standard InChI is InChI=1S/C10H12ClNO2/c1-10(11,9(12)13)7-14-8-5-3-2-4-6-8/h2-6H,7H2,1H3,(H2,12,13). The number of carbonyl (C=O) groups is 1. The molecule has 1 aromatic carbocycles. The Balaban J connectivity index is 2.53. The highest BCUT2D eigenvalue weighted by atomic mass is 35.5. The van der Waals surface area contributed by atoms with E-state index < -0.39 is 10.8 Å². The van der Waals surface area contributed by atoms with Crippen molar-refractivity contribution >= 4 is 17.5 Å². The lowest BCUT2D eigenvalue weighted by Crippen LogP contribution is -2.40. The second-order valence-electron chi connectivity index (χ2n) is 3.16. The van der Waals surface area contributed by atoms with Gasteiger partial charge in [0.1, 0.15) is 12.4 Å². The van der Waals surface area contributed by atoms with E-state index in [1.54, 1.807) is 12.1 Å². The zero-order chi connectivity index (χ0) is 10.6. The molecule has 0 aromatic heterocycles. The molecule has 1 atom stereocenters. The molecule has 1 aromatic rings. The van der Waals surface area contributed by atoms with Crippen LogP contribution in [-0.4, -0.2) is 17.4 Å². The van der Waals surface area contributed by atoms with Gasteiger partial charge in [-0.1, -0.05) is 18.2 Å². The first-order chi connectivity index (χ1) is 6.52. The van der Waals surface area contributed by atoms with Gasteiger partial charge in [0.15, 0.2) is 4.87 Å². The largest absolute Gasteiger partial charge is 0.491 e. The Morgan fingerprint density at radius 3 is 2.57 bits per heavy atom. The van der Waals surface area contributed by atoms with Crippen molar-refractivity contribution in [2.75, 3.05) is 6.61 Å². The van der Waals surface area contributed by atoms with E-state index in [1.807, 2.05) is 18.2 Å². The zero-order valence-electron chi connectivity index (χ0n) is 7.87. The number of ether oxygens (including phenoxy) is 1. The Morgan fingerprint density at radius 2 is 2.07 bits per heavy atom. The maximum Gasteiger partial charge on any atom is 0.241 e. The zero-order valence-corrected chi connectivity index (χ0v) is 8.62. The highest BCUT2D eigenvalue weighted by Crippen LogP contribution is 2.16. The molecule has 1 amide bonds. The molecule has 0 saturated heterocycles. The van der Waals surface area contributed by atoms with Crippen LogP contribution in [0.15, 0.2) is 30.3 Å². The van der Waals surface area contributed by atoms with Gasteiger partial charge in [-0.2, -0.15) is 0 Å². The summed E-state index contributed by atoms with van der Waals surface area (Å²) < 4.78 is 5.30. The molecule has 2 N–H and O–H groups in total. The molecular weight excluding hydrogens is 202 g/mol. The molecule has 0 heterocycles. The summed E-state index contributed by atoms with van der Waals surface area (Å²) >= 11 is 5.82. The molecule has 0 spiro atoms. The monoisotopic (exact) mass is 213 g/mol. The smallest absolute Gasteiger partial charge is 0.241 e. The van der Waals surface area contributed by atoms with Gasteiger partial charge in [0.2, 0.25) is 5.91 Å². The number of primary amides is 1. The molecule has 1 rings (SSSR count). The molecule has 0 radical (unpaired) electrons. The second kappa shape index (κ2) is 4.33. The van der Waals surface area contributed by atoms with E-state index in [0.29, 0.717) is 5.75 Å². The Kier molecular flexibility index (Phi) is 3.36. The molecule has 0 bridgehead atoms. The summed E-state index contributed by atoms with van der Waals surface area (Å²) in [4.78, 5) is 9.70. The van der Waals surface area contributed by atoms with Crippen LogP contribution in [0.1, 0.15) is 6.92 Å². The number of nitrogens with two attached hydrogens (primary N) is 1. The van der Waals surface area contributed by atoms with Gasteiger partial charge < -0.3 is 10.5 Å². The van der Waals surface area contributed by atoms with Crippen molar-refractivity contribution in [2.45, 2.75) is 11.8 Å². The summed E-state index contributed by atoms with van der Waals surface area (Å²) in [7, 11) is 0. The lowest BCUT2D eigenvalue weighted by atomic mass is 10.2. The normalized spacial score (nSPS) is 14.4. The van der Waals surface area contributed by atoms with E-state index in [1.165, 1.54) is 6.92 Å². The maximum atomic E-state index is 10.9. The first-order valence-corrected chi connectivity index (χ1v) is 4.57. The minimum absolute atomic E-state index is 0.0634. The fraction of sp³-hybridized carbons (Fsp3) is 0.300. The van der Waals surface area contributed by atoms with Gasteiger partial charge in [0.05, 0.1) is 0 Å². The third kappa shape index (κ3) is 2.92. The Bertz CT molecular complexity index is 311. The van der Waals surface area contributed by atoms with Crippen molar-refractivity contribution < 1.29 is 9.53 Å². The minimum atomic E-state index is -1.16. The van der Waals surface area contributed by atoms with Crippen molar-refractivity contribution in [3.05, 3.63) is 30.3 Å². The van der Waals surface area contributed by atoms with Crippen molar-refractivity contribution in [3.8, 4) is 5.75 Å². The van der Waals surface area contributed by atoms with Gasteiger partial charge in [-0.25, -0.2) is 0 Å². The average Bonchev–Trinajstić information content (AvgIpc) is 2.16. The predicted octanol–water partition coefficient (Wildman–Crippen LogP) is 1.55. The van der Waals surface area contributed by atoms with Crippen LogP contribution in [0.2, 0.25) is 0 Å². The van der Waals surface area contributed by atoms with Gasteiger partial charge in [0, 0.05) is 0 Å². The van der Waals surface area contributed by atoms with Crippen LogP contribution < -0.4 is 10.5 Å². The van der Waals surface area contributed by atoms with Crippen LogP contribution in [0.4, 0.5) is 0 Å². The van der Waals surface area contributed by atoms with Gasteiger partial charge in [-0.05, 0) is 19.1 Å². The van der Waals surface area contributed by atoms with E-state index >= 15 is 0 Å². The summed E-state index contributed by atoms with van der Waals surface area (Å²) in [5.41, 5.74) is 5.08. The van der Waals surface area contributed by atoms with Crippen molar-refractivity contribution in [1.82, 2.24) is 0 Å². The molecule has 1 unspecified atom stereocenters. The number of amides is 1.